The van der Waals surface area contributed by atoms with Crippen LogP contribution in [0.5, 0.6) is 0 Å². The number of ketones is 1. The molecule has 1 N–H and O–H groups in total. The molecule has 187 valence electrons. The summed E-state index contributed by atoms with van der Waals surface area (Å²) in [7, 11) is -2.10. The molecule has 0 spiro atoms. The molecular formula is C25H30BO8S. The van der Waals surface area contributed by atoms with Crippen molar-refractivity contribution in [2.45, 2.75) is 56.1 Å². The summed E-state index contributed by atoms with van der Waals surface area (Å²) in [5.74, 6) is -1.89. The summed E-state index contributed by atoms with van der Waals surface area (Å²) < 4.78 is 35.8. The molecule has 0 amide bonds. The van der Waals surface area contributed by atoms with Crippen LogP contribution in [-0.2, 0) is 35.3 Å². The lowest BCUT2D eigenvalue weighted by atomic mass is 10.0. The number of Topliss-reactive ketones (excluding diaryl/α,β-unsaturated/α-hetero) is 1. The quantitative estimate of drug-likeness (QED) is 0.309. The van der Waals surface area contributed by atoms with E-state index in [4.69, 9.17) is 14.6 Å². The first-order valence-electron chi connectivity index (χ1n) is 10.9. The average molecular weight is 501 g/mol. The summed E-state index contributed by atoms with van der Waals surface area (Å²) in [6, 6.07) is 14.4. The molecule has 0 heterocycles. The molecular weight excluding hydrogens is 471 g/mol. The molecule has 0 aliphatic carbocycles. The molecule has 35 heavy (non-hydrogen) atoms. The molecule has 2 rings (SSSR count). The third-order valence-electron chi connectivity index (χ3n) is 5.31. The minimum Gasteiger partial charge on any atom is -0.478 e. The van der Waals surface area contributed by atoms with Gasteiger partial charge in [-0.3, -0.25) is 9.59 Å². The summed E-state index contributed by atoms with van der Waals surface area (Å²) >= 11 is 0. The van der Waals surface area contributed by atoms with Gasteiger partial charge in [-0.2, -0.15) is 0 Å². The Morgan fingerprint density at radius 1 is 0.914 bits per heavy atom. The average Bonchev–Trinajstić information content (AvgIpc) is 2.80. The molecule has 3 radical (unpaired) electrons. The van der Waals surface area contributed by atoms with Gasteiger partial charge in [-0.25, -0.2) is 13.2 Å². The summed E-state index contributed by atoms with van der Waals surface area (Å²) in [6.45, 7) is 1.41. The SMILES string of the molecule is COC(CCS(=O)(=O)c1ccccc1)CC(=O)OC(CCc1ccc(C(=O)O)cc1)CC(C)=O.[B]. The Bertz CT molecular complexity index is 1070. The van der Waals surface area contributed by atoms with Gasteiger partial charge < -0.3 is 14.6 Å². The third-order valence-corrected chi connectivity index (χ3v) is 7.07. The Morgan fingerprint density at radius 3 is 2.09 bits per heavy atom. The van der Waals surface area contributed by atoms with Crippen LogP contribution >= 0.6 is 0 Å². The lowest BCUT2D eigenvalue weighted by Crippen LogP contribution is -2.26. The van der Waals surface area contributed by atoms with E-state index in [-0.39, 0.29) is 49.7 Å². The summed E-state index contributed by atoms with van der Waals surface area (Å²) in [5.41, 5.74) is 1.03. The number of carboxylic acids is 1. The number of aromatic carboxylic acids is 1. The van der Waals surface area contributed by atoms with Gasteiger partial charge in [0.2, 0.25) is 0 Å². The Labute approximate surface area is 208 Å². The number of hydrogen-bond donors (Lipinski definition) is 1. The van der Waals surface area contributed by atoms with Gasteiger partial charge in [-0.05, 0) is 56.0 Å². The highest BCUT2D eigenvalue weighted by atomic mass is 32.2. The fraction of sp³-hybridized carbons (Fsp3) is 0.400. The van der Waals surface area contributed by atoms with Gasteiger partial charge >= 0.3 is 11.9 Å². The van der Waals surface area contributed by atoms with Crippen molar-refractivity contribution >= 4 is 36.0 Å². The van der Waals surface area contributed by atoms with Crippen molar-refractivity contribution in [1.29, 1.82) is 0 Å². The molecule has 8 nitrogen and oxygen atoms in total. The second-order valence-corrected chi connectivity index (χ2v) is 10.2. The third kappa shape index (κ3) is 10.4. The number of methoxy groups -OCH3 is 1. The van der Waals surface area contributed by atoms with Gasteiger partial charge in [-0.15, -0.1) is 0 Å². The first-order valence-corrected chi connectivity index (χ1v) is 12.6. The van der Waals surface area contributed by atoms with Crippen LogP contribution in [0.15, 0.2) is 59.5 Å². The van der Waals surface area contributed by atoms with Crippen molar-refractivity contribution in [1.82, 2.24) is 0 Å². The summed E-state index contributed by atoms with van der Waals surface area (Å²) in [4.78, 5) is 35.3. The van der Waals surface area contributed by atoms with Crippen LogP contribution in [0.4, 0.5) is 0 Å². The number of aryl methyl sites for hydroxylation is 1. The van der Waals surface area contributed by atoms with Crippen molar-refractivity contribution in [2.24, 2.45) is 0 Å². The van der Waals surface area contributed by atoms with Crippen molar-refractivity contribution in [3.63, 3.8) is 0 Å². The number of carboxylic acid groups (broad SMARTS) is 1. The molecule has 2 atom stereocenters. The van der Waals surface area contributed by atoms with Gasteiger partial charge in [0.05, 0.1) is 28.7 Å². The van der Waals surface area contributed by atoms with Crippen LogP contribution in [0.3, 0.4) is 0 Å². The summed E-state index contributed by atoms with van der Waals surface area (Å²) in [6.07, 6.45) is -0.369. The van der Waals surface area contributed by atoms with Crippen LogP contribution in [0.1, 0.15) is 48.5 Å². The van der Waals surface area contributed by atoms with Gasteiger partial charge in [0.25, 0.3) is 0 Å². The van der Waals surface area contributed by atoms with E-state index in [9.17, 15) is 22.8 Å². The molecule has 2 aromatic carbocycles. The first-order chi connectivity index (χ1) is 16.1. The van der Waals surface area contributed by atoms with E-state index in [0.29, 0.717) is 12.8 Å². The number of carbonyl (C=O) groups is 3. The maximum absolute atomic E-state index is 12.5. The zero-order valence-corrected chi connectivity index (χ0v) is 20.7. The second-order valence-electron chi connectivity index (χ2n) is 8.04. The highest BCUT2D eigenvalue weighted by Gasteiger charge is 2.23. The summed E-state index contributed by atoms with van der Waals surface area (Å²) in [5, 5.41) is 8.99. The largest absolute Gasteiger partial charge is 0.478 e. The van der Waals surface area contributed by atoms with Crippen LogP contribution in [0.25, 0.3) is 0 Å². The minimum atomic E-state index is -3.50. The highest BCUT2D eigenvalue weighted by Crippen LogP contribution is 2.17. The fourth-order valence-corrected chi connectivity index (χ4v) is 4.80. The Balaban J connectivity index is 0.00000612. The maximum Gasteiger partial charge on any atom is 0.335 e. The van der Waals surface area contributed by atoms with Gasteiger partial charge in [0.15, 0.2) is 9.84 Å². The van der Waals surface area contributed by atoms with Gasteiger partial charge in [-0.1, -0.05) is 30.3 Å². The van der Waals surface area contributed by atoms with E-state index < -0.39 is 34.0 Å². The number of sulfone groups is 1. The Morgan fingerprint density at radius 2 is 1.54 bits per heavy atom. The van der Waals surface area contributed by atoms with Crippen molar-refractivity contribution < 1.29 is 37.4 Å². The molecule has 2 aromatic rings. The topological polar surface area (TPSA) is 124 Å². The Kier molecular flexibility index (Phi) is 12.4. The maximum atomic E-state index is 12.5. The van der Waals surface area contributed by atoms with Crippen molar-refractivity contribution in [2.75, 3.05) is 12.9 Å². The van der Waals surface area contributed by atoms with E-state index in [2.05, 4.69) is 0 Å². The molecule has 0 aliphatic rings. The van der Waals surface area contributed by atoms with E-state index in [1.807, 2.05) is 0 Å². The van der Waals surface area contributed by atoms with Crippen molar-refractivity contribution in [3.05, 3.63) is 65.7 Å². The normalized spacial score (nSPS) is 12.7. The van der Waals surface area contributed by atoms with Crippen molar-refractivity contribution in [3.8, 4) is 0 Å². The van der Waals surface area contributed by atoms with E-state index in [1.54, 1.807) is 30.3 Å². The predicted molar refractivity (Wildman–Crippen MR) is 131 cm³/mol. The number of carbonyl (C=O) groups excluding carboxylic acids is 2. The molecule has 0 bridgehead atoms. The zero-order chi connectivity index (χ0) is 25.1. The number of ether oxygens (including phenoxy) is 2. The monoisotopic (exact) mass is 501 g/mol. The fourth-order valence-electron chi connectivity index (χ4n) is 3.42. The predicted octanol–water partition coefficient (Wildman–Crippen LogP) is 3.10. The van der Waals surface area contributed by atoms with Crippen LogP contribution in [0.2, 0.25) is 0 Å². The molecule has 0 aromatic heterocycles. The van der Waals surface area contributed by atoms with E-state index >= 15 is 0 Å². The minimum absolute atomic E-state index is 0. The number of esters is 1. The molecule has 10 heteroatoms. The lowest BCUT2D eigenvalue weighted by Gasteiger charge is -2.19. The van der Waals surface area contributed by atoms with Gasteiger partial charge in [0.1, 0.15) is 11.9 Å². The second kappa shape index (κ2) is 14.4. The smallest absolute Gasteiger partial charge is 0.335 e. The number of hydrogen-bond acceptors (Lipinski definition) is 7. The first kappa shape index (κ1) is 30.1. The standard InChI is InChI=1S/C25H30O8S.B/c1-18(26)16-22(13-10-19-8-11-20(12-9-19)25(28)29)33-24(27)17-21(32-2)14-15-34(30,31)23-6-4-3-5-7-23;/h3-9,11-12,21-22H,10,13-17H2,1-2H3,(H,28,29);. The van der Waals surface area contributed by atoms with Crippen LogP contribution in [0, 0.1) is 0 Å². The molecule has 0 saturated heterocycles. The molecule has 0 saturated carbocycles. The van der Waals surface area contributed by atoms with Crippen LogP contribution < -0.4 is 0 Å². The number of rotatable bonds is 14. The highest BCUT2D eigenvalue weighted by molar-refractivity contribution is 7.91. The number of benzene rings is 2. The zero-order valence-electron chi connectivity index (χ0n) is 19.9. The van der Waals surface area contributed by atoms with Gasteiger partial charge in [0, 0.05) is 21.9 Å². The van der Waals surface area contributed by atoms with Crippen LogP contribution in [-0.4, -0.2) is 64.7 Å². The Hall–Kier alpha value is -2.98. The van der Waals surface area contributed by atoms with E-state index in [1.165, 1.54) is 38.3 Å². The molecule has 0 fully saturated rings. The molecule has 0 aliphatic heterocycles. The lowest BCUT2D eigenvalue weighted by molar-refractivity contribution is -0.153. The van der Waals surface area contributed by atoms with E-state index in [0.717, 1.165) is 5.56 Å². The molecule has 2 unspecified atom stereocenters.